The van der Waals surface area contributed by atoms with Crippen LogP contribution in [-0.4, -0.2) is 30.1 Å². The quantitative estimate of drug-likeness (QED) is 0.560. The molecule has 0 aliphatic rings. The molecule has 2 aromatic rings. The molecular weight excluding hydrogens is 346 g/mol. The summed E-state index contributed by atoms with van der Waals surface area (Å²) in [6, 6.07) is 9.93. The number of ketones is 1. The van der Waals surface area contributed by atoms with Gasteiger partial charge in [0.2, 0.25) is 0 Å². The predicted octanol–water partition coefficient (Wildman–Crippen LogP) is 4.28. The molecule has 0 unspecified atom stereocenters. The Bertz CT molecular complexity index is 830. The smallest absolute Gasteiger partial charge is 0.387 e. The second-order valence-corrected chi connectivity index (χ2v) is 5.06. The zero-order valence-corrected chi connectivity index (χ0v) is 13.8. The molecule has 0 fully saturated rings. The summed E-state index contributed by atoms with van der Waals surface area (Å²) < 4.78 is 34.3. The Morgan fingerprint density at radius 3 is 2.46 bits per heavy atom. The third-order valence-electron chi connectivity index (χ3n) is 3.35. The first-order valence-electron chi connectivity index (χ1n) is 7.68. The zero-order chi connectivity index (χ0) is 19.1. The van der Waals surface area contributed by atoms with E-state index in [1.165, 1.54) is 48.6 Å². The lowest BCUT2D eigenvalue weighted by molar-refractivity contribution is -0.0499. The van der Waals surface area contributed by atoms with Crippen LogP contribution in [-0.2, 0) is 0 Å². The number of halogens is 2. The fraction of sp³-hybridized carbons (Fsp3) is 0.158. The number of carbonyl (C=O) groups is 2. The van der Waals surface area contributed by atoms with Gasteiger partial charge in [0, 0.05) is 17.2 Å². The van der Waals surface area contributed by atoms with Crippen LogP contribution in [0.4, 0.5) is 8.78 Å². The van der Waals surface area contributed by atoms with E-state index < -0.39 is 18.4 Å². The van der Waals surface area contributed by atoms with E-state index in [1.807, 2.05) is 0 Å². The Morgan fingerprint density at radius 2 is 1.85 bits per heavy atom. The maximum atomic E-state index is 12.3. The molecule has 1 N–H and O–H groups in total. The van der Waals surface area contributed by atoms with Crippen molar-refractivity contribution in [2.45, 2.75) is 13.5 Å². The highest BCUT2D eigenvalue weighted by molar-refractivity contribution is 6.12. The number of carboxylic acid groups (broad SMARTS) is 1. The largest absolute Gasteiger partial charge is 0.493 e. The van der Waals surface area contributed by atoms with Gasteiger partial charge in [0.05, 0.1) is 12.2 Å². The third kappa shape index (κ3) is 4.89. The standard InChI is InChI=1S/C19H16F2O5/c1-2-25-17-11-13(26-19(20)21)9-7-12(17)8-10-16(22)14-5-3-4-6-15(14)18(23)24/h3-11,19H,2H2,1H3,(H,23,24). The maximum absolute atomic E-state index is 12.3. The fourth-order valence-electron chi connectivity index (χ4n) is 2.25. The Morgan fingerprint density at radius 1 is 1.15 bits per heavy atom. The summed E-state index contributed by atoms with van der Waals surface area (Å²) >= 11 is 0. The van der Waals surface area contributed by atoms with Crippen LogP contribution in [0, 0.1) is 0 Å². The molecule has 0 atom stereocenters. The highest BCUT2D eigenvalue weighted by Gasteiger charge is 2.14. The number of carboxylic acids is 1. The van der Waals surface area contributed by atoms with Gasteiger partial charge in [-0.2, -0.15) is 8.78 Å². The van der Waals surface area contributed by atoms with E-state index in [2.05, 4.69) is 4.74 Å². The molecule has 2 aromatic carbocycles. The first-order valence-corrected chi connectivity index (χ1v) is 7.68. The minimum atomic E-state index is -2.96. The summed E-state index contributed by atoms with van der Waals surface area (Å²) in [5.41, 5.74) is 0.411. The van der Waals surface area contributed by atoms with Gasteiger partial charge in [0.15, 0.2) is 5.78 Å². The second-order valence-electron chi connectivity index (χ2n) is 5.06. The molecule has 0 saturated carbocycles. The van der Waals surface area contributed by atoms with Crippen molar-refractivity contribution >= 4 is 17.8 Å². The molecule has 0 heterocycles. The van der Waals surface area contributed by atoms with Crippen LogP contribution >= 0.6 is 0 Å². The summed E-state index contributed by atoms with van der Waals surface area (Å²) in [4.78, 5) is 23.5. The highest BCUT2D eigenvalue weighted by atomic mass is 19.3. The first-order chi connectivity index (χ1) is 12.4. The molecule has 0 aromatic heterocycles. The molecule has 0 bridgehead atoms. The van der Waals surface area contributed by atoms with Crippen molar-refractivity contribution < 1.29 is 33.0 Å². The number of aromatic carboxylic acids is 1. The average Bonchev–Trinajstić information content (AvgIpc) is 2.60. The van der Waals surface area contributed by atoms with Gasteiger partial charge in [-0.25, -0.2) is 4.79 Å². The number of benzene rings is 2. The molecule has 0 spiro atoms. The Balaban J connectivity index is 2.29. The van der Waals surface area contributed by atoms with Gasteiger partial charge >= 0.3 is 12.6 Å². The van der Waals surface area contributed by atoms with Crippen molar-refractivity contribution in [3.63, 3.8) is 0 Å². The summed E-state index contributed by atoms with van der Waals surface area (Å²) in [5, 5.41) is 9.14. The van der Waals surface area contributed by atoms with Crippen LogP contribution < -0.4 is 9.47 Å². The van der Waals surface area contributed by atoms with Crippen LogP contribution in [0.15, 0.2) is 48.5 Å². The summed E-state index contributed by atoms with van der Waals surface area (Å²) in [7, 11) is 0. The molecule has 7 heteroatoms. The molecule has 0 radical (unpaired) electrons. The average molecular weight is 362 g/mol. The van der Waals surface area contributed by atoms with E-state index in [-0.39, 0.29) is 29.2 Å². The van der Waals surface area contributed by atoms with E-state index in [0.29, 0.717) is 5.56 Å². The lowest BCUT2D eigenvalue weighted by Crippen LogP contribution is -2.06. The van der Waals surface area contributed by atoms with Gasteiger partial charge in [0.25, 0.3) is 0 Å². The summed E-state index contributed by atoms with van der Waals surface area (Å²) in [5.74, 6) is -1.51. The Hall–Kier alpha value is -3.22. The van der Waals surface area contributed by atoms with Crippen molar-refractivity contribution in [1.82, 2.24) is 0 Å². The maximum Gasteiger partial charge on any atom is 0.387 e. The summed E-state index contributed by atoms with van der Waals surface area (Å²) in [6.45, 7) is -0.947. The fourth-order valence-corrected chi connectivity index (χ4v) is 2.25. The molecule has 5 nitrogen and oxygen atoms in total. The van der Waals surface area contributed by atoms with Crippen molar-refractivity contribution in [1.29, 1.82) is 0 Å². The molecule has 136 valence electrons. The lowest BCUT2D eigenvalue weighted by atomic mass is 10.0. The number of hydrogen-bond acceptors (Lipinski definition) is 4. The van der Waals surface area contributed by atoms with Crippen molar-refractivity contribution in [2.24, 2.45) is 0 Å². The van der Waals surface area contributed by atoms with Gasteiger partial charge < -0.3 is 14.6 Å². The second kappa shape index (κ2) is 8.75. The number of allylic oxidation sites excluding steroid dienone is 1. The minimum absolute atomic E-state index is 0.0480. The highest BCUT2D eigenvalue weighted by Crippen LogP contribution is 2.27. The van der Waals surface area contributed by atoms with Crippen LogP contribution in [0.3, 0.4) is 0 Å². The predicted molar refractivity (Wildman–Crippen MR) is 91.0 cm³/mol. The first kappa shape index (κ1) is 19.1. The van der Waals surface area contributed by atoms with Crippen LogP contribution in [0.5, 0.6) is 11.5 Å². The van der Waals surface area contributed by atoms with Crippen LogP contribution in [0.1, 0.15) is 33.2 Å². The topological polar surface area (TPSA) is 72.8 Å². The van der Waals surface area contributed by atoms with E-state index in [1.54, 1.807) is 13.0 Å². The van der Waals surface area contributed by atoms with E-state index in [0.717, 1.165) is 0 Å². The van der Waals surface area contributed by atoms with E-state index in [9.17, 15) is 18.4 Å². The monoisotopic (exact) mass is 362 g/mol. The number of ether oxygens (including phenoxy) is 2. The van der Waals surface area contributed by atoms with Crippen LogP contribution in [0.2, 0.25) is 0 Å². The number of alkyl halides is 2. The van der Waals surface area contributed by atoms with Crippen molar-refractivity contribution in [3.05, 3.63) is 65.2 Å². The molecule has 26 heavy (non-hydrogen) atoms. The van der Waals surface area contributed by atoms with Gasteiger partial charge in [-0.15, -0.1) is 0 Å². The normalized spacial score (nSPS) is 10.9. The molecule has 0 aliphatic carbocycles. The van der Waals surface area contributed by atoms with Crippen molar-refractivity contribution in [2.75, 3.05) is 6.61 Å². The molecular formula is C19H16F2O5. The molecule has 2 rings (SSSR count). The lowest BCUT2D eigenvalue weighted by Gasteiger charge is -2.10. The van der Waals surface area contributed by atoms with E-state index in [4.69, 9.17) is 9.84 Å². The minimum Gasteiger partial charge on any atom is -0.493 e. The number of hydrogen-bond donors (Lipinski definition) is 1. The number of rotatable bonds is 8. The van der Waals surface area contributed by atoms with Gasteiger partial charge in [-0.3, -0.25) is 4.79 Å². The van der Waals surface area contributed by atoms with Gasteiger partial charge in [-0.05, 0) is 37.3 Å². The molecule has 0 saturated heterocycles. The Kier molecular flexibility index (Phi) is 6.43. The summed E-state index contributed by atoms with van der Waals surface area (Å²) in [6.07, 6.45) is 2.63. The van der Waals surface area contributed by atoms with Crippen molar-refractivity contribution in [3.8, 4) is 11.5 Å². The van der Waals surface area contributed by atoms with Crippen LogP contribution in [0.25, 0.3) is 6.08 Å². The number of carbonyl (C=O) groups excluding carboxylic acids is 1. The van der Waals surface area contributed by atoms with Gasteiger partial charge in [0.1, 0.15) is 11.5 Å². The Labute approximate surface area is 148 Å². The molecule has 0 amide bonds. The third-order valence-corrected chi connectivity index (χ3v) is 3.35. The van der Waals surface area contributed by atoms with E-state index >= 15 is 0 Å². The SMILES string of the molecule is CCOc1cc(OC(F)F)ccc1C=CC(=O)c1ccccc1C(=O)O. The zero-order valence-electron chi connectivity index (χ0n) is 13.8. The molecule has 0 aliphatic heterocycles. The van der Waals surface area contributed by atoms with Gasteiger partial charge in [-0.1, -0.05) is 18.2 Å².